The van der Waals surface area contributed by atoms with Gasteiger partial charge in [0.2, 0.25) is 5.89 Å². The zero-order chi connectivity index (χ0) is 12.5. The Kier molecular flexibility index (Phi) is 3.03. The molecule has 3 rings (SSSR count). The Hall–Kier alpha value is -1.43. The van der Waals surface area contributed by atoms with Gasteiger partial charge in [-0.1, -0.05) is 12.1 Å². The third-order valence-corrected chi connectivity index (χ3v) is 3.70. The Morgan fingerprint density at radius 3 is 3.06 bits per heavy atom. The average Bonchev–Trinajstić information content (AvgIpc) is 3.09. The van der Waals surface area contributed by atoms with Crippen LogP contribution in [-0.2, 0) is 0 Å². The first-order chi connectivity index (χ1) is 8.74. The summed E-state index contributed by atoms with van der Waals surface area (Å²) in [6.07, 6.45) is 3.16. The normalized spacial score (nSPS) is 27.9. The van der Waals surface area contributed by atoms with Crippen LogP contribution in [0.5, 0.6) is 0 Å². The van der Waals surface area contributed by atoms with Crippen molar-refractivity contribution in [2.45, 2.75) is 32.2 Å². The van der Waals surface area contributed by atoms with E-state index in [0.29, 0.717) is 11.8 Å². The van der Waals surface area contributed by atoms with E-state index >= 15 is 0 Å². The summed E-state index contributed by atoms with van der Waals surface area (Å²) in [6.45, 7) is 4.72. The van der Waals surface area contributed by atoms with E-state index in [2.05, 4.69) is 22.4 Å². The molecule has 3 heterocycles. The predicted octanol–water partition coefficient (Wildman–Crippen LogP) is 0.976. The number of carbonyl (C=O) groups excluding carboxylic acids is 1. The molecule has 2 saturated heterocycles. The van der Waals surface area contributed by atoms with Crippen molar-refractivity contribution in [3.05, 3.63) is 11.7 Å². The lowest BCUT2D eigenvalue weighted by Gasteiger charge is -2.12. The van der Waals surface area contributed by atoms with Gasteiger partial charge in [-0.2, -0.15) is 4.98 Å². The molecule has 1 amide bonds. The highest BCUT2D eigenvalue weighted by Crippen LogP contribution is 2.22. The van der Waals surface area contributed by atoms with Gasteiger partial charge in [-0.25, -0.2) is 0 Å². The Morgan fingerprint density at radius 1 is 1.50 bits per heavy atom. The molecule has 2 unspecified atom stereocenters. The molecule has 0 bridgehead atoms. The van der Waals surface area contributed by atoms with Crippen LogP contribution in [0.1, 0.15) is 48.7 Å². The highest BCUT2D eigenvalue weighted by Gasteiger charge is 2.29. The first kappa shape index (κ1) is 11.6. The fourth-order valence-electron chi connectivity index (χ4n) is 2.62. The van der Waals surface area contributed by atoms with E-state index in [1.807, 2.05) is 0 Å². The van der Waals surface area contributed by atoms with Crippen LogP contribution in [0, 0.1) is 5.92 Å². The first-order valence-electron chi connectivity index (χ1n) is 6.60. The van der Waals surface area contributed by atoms with Gasteiger partial charge in [-0.3, -0.25) is 4.79 Å². The van der Waals surface area contributed by atoms with Crippen molar-refractivity contribution in [3.8, 4) is 0 Å². The zero-order valence-corrected chi connectivity index (χ0v) is 10.6. The van der Waals surface area contributed by atoms with E-state index in [1.165, 1.54) is 0 Å². The van der Waals surface area contributed by atoms with Crippen molar-refractivity contribution in [1.29, 1.82) is 0 Å². The highest BCUT2D eigenvalue weighted by atomic mass is 16.5. The molecule has 2 aliphatic heterocycles. The van der Waals surface area contributed by atoms with Crippen molar-refractivity contribution in [1.82, 2.24) is 20.4 Å². The lowest BCUT2D eigenvalue weighted by Crippen LogP contribution is -2.29. The fraction of sp³-hybridized carbons (Fsp3) is 0.750. The highest BCUT2D eigenvalue weighted by molar-refractivity contribution is 5.90. The van der Waals surface area contributed by atoms with E-state index in [4.69, 9.17) is 4.52 Å². The number of nitrogens with zero attached hydrogens (tertiary/aromatic N) is 3. The quantitative estimate of drug-likeness (QED) is 0.847. The lowest BCUT2D eigenvalue weighted by atomic mass is 10.2. The van der Waals surface area contributed by atoms with Crippen LogP contribution in [-0.4, -0.2) is 40.6 Å². The molecule has 18 heavy (non-hydrogen) atoms. The van der Waals surface area contributed by atoms with Crippen molar-refractivity contribution in [2.75, 3.05) is 19.6 Å². The van der Waals surface area contributed by atoms with Gasteiger partial charge in [0.15, 0.2) is 0 Å². The van der Waals surface area contributed by atoms with Crippen molar-refractivity contribution in [3.63, 3.8) is 0 Å². The summed E-state index contributed by atoms with van der Waals surface area (Å²) in [4.78, 5) is 18.2. The van der Waals surface area contributed by atoms with Gasteiger partial charge >= 0.3 is 0 Å². The number of nitrogens with one attached hydrogen (secondary N) is 1. The molecule has 1 aromatic heterocycles. The monoisotopic (exact) mass is 250 g/mol. The molecule has 1 N–H and O–H groups in total. The Labute approximate surface area is 106 Å². The van der Waals surface area contributed by atoms with Gasteiger partial charge in [-0.15, -0.1) is 0 Å². The lowest BCUT2D eigenvalue weighted by molar-refractivity contribution is 0.0772. The van der Waals surface area contributed by atoms with Gasteiger partial charge in [-0.05, 0) is 31.7 Å². The third-order valence-electron chi connectivity index (χ3n) is 3.70. The van der Waals surface area contributed by atoms with Gasteiger partial charge in [0, 0.05) is 13.1 Å². The molecule has 0 aromatic carbocycles. The minimum Gasteiger partial charge on any atom is -0.337 e. The first-order valence-corrected chi connectivity index (χ1v) is 6.60. The van der Waals surface area contributed by atoms with Crippen LogP contribution in [0.25, 0.3) is 0 Å². The molecule has 2 atom stereocenters. The number of amides is 1. The maximum absolute atomic E-state index is 12.1. The van der Waals surface area contributed by atoms with E-state index in [9.17, 15) is 4.79 Å². The molecule has 0 spiro atoms. The average molecular weight is 250 g/mol. The molecule has 6 heteroatoms. The summed E-state index contributed by atoms with van der Waals surface area (Å²) >= 11 is 0. The molecule has 6 nitrogen and oxygen atoms in total. The zero-order valence-electron chi connectivity index (χ0n) is 10.6. The summed E-state index contributed by atoms with van der Waals surface area (Å²) < 4.78 is 5.18. The minimum absolute atomic E-state index is 0.104. The Morgan fingerprint density at radius 2 is 2.39 bits per heavy atom. The summed E-state index contributed by atoms with van der Waals surface area (Å²) in [5.41, 5.74) is 0. The second-order valence-electron chi connectivity index (χ2n) is 5.25. The van der Waals surface area contributed by atoms with E-state index in [-0.39, 0.29) is 17.8 Å². The second-order valence-corrected chi connectivity index (χ2v) is 5.25. The van der Waals surface area contributed by atoms with E-state index in [1.54, 1.807) is 4.90 Å². The maximum Gasteiger partial charge on any atom is 0.295 e. The topological polar surface area (TPSA) is 71.3 Å². The number of aromatic nitrogens is 2. The molecule has 2 aliphatic rings. The number of likely N-dealkylation sites (tertiary alicyclic amines) is 1. The summed E-state index contributed by atoms with van der Waals surface area (Å²) in [6, 6.07) is 0.122. The molecular weight excluding hydrogens is 232 g/mol. The molecule has 0 aliphatic carbocycles. The molecule has 0 saturated carbocycles. The fourth-order valence-corrected chi connectivity index (χ4v) is 2.62. The van der Waals surface area contributed by atoms with E-state index in [0.717, 1.165) is 38.9 Å². The third kappa shape index (κ3) is 2.12. The van der Waals surface area contributed by atoms with Crippen LogP contribution in [0.15, 0.2) is 4.52 Å². The SMILES string of the molecule is CC1CCN(C(=O)c2noc(C3CCCN3)n2)C1. The van der Waals surface area contributed by atoms with Crippen LogP contribution >= 0.6 is 0 Å². The van der Waals surface area contributed by atoms with Crippen LogP contribution in [0.3, 0.4) is 0 Å². The van der Waals surface area contributed by atoms with Crippen LogP contribution < -0.4 is 5.32 Å². The van der Waals surface area contributed by atoms with Crippen LogP contribution in [0.4, 0.5) is 0 Å². The minimum atomic E-state index is -0.104. The second kappa shape index (κ2) is 4.68. The van der Waals surface area contributed by atoms with Crippen molar-refractivity contribution < 1.29 is 9.32 Å². The molecule has 0 radical (unpaired) electrons. The van der Waals surface area contributed by atoms with Gasteiger partial charge in [0.1, 0.15) is 0 Å². The summed E-state index contributed by atoms with van der Waals surface area (Å²) in [5.74, 6) is 1.21. The largest absolute Gasteiger partial charge is 0.337 e. The number of carbonyl (C=O) groups is 1. The predicted molar refractivity (Wildman–Crippen MR) is 64.0 cm³/mol. The number of hydrogen-bond acceptors (Lipinski definition) is 5. The molecule has 1 aromatic rings. The Bertz CT molecular complexity index is 439. The van der Waals surface area contributed by atoms with Crippen molar-refractivity contribution >= 4 is 5.91 Å². The van der Waals surface area contributed by atoms with Gasteiger partial charge < -0.3 is 14.7 Å². The summed E-state index contributed by atoms with van der Waals surface area (Å²) in [5, 5.41) is 7.09. The number of hydrogen-bond donors (Lipinski definition) is 1. The van der Waals surface area contributed by atoms with Crippen molar-refractivity contribution in [2.24, 2.45) is 5.92 Å². The van der Waals surface area contributed by atoms with Crippen LogP contribution in [0.2, 0.25) is 0 Å². The maximum atomic E-state index is 12.1. The summed E-state index contributed by atoms with van der Waals surface area (Å²) in [7, 11) is 0. The smallest absolute Gasteiger partial charge is 0.295 e. The standard InChI is InChI=1S/C12H18N4O2/c1-8-4-6-16(7-8)12(17)10-14-11(18-15-10)9-3-2-5-13-9/h8-9,13H,2-7H2,1H3. The molecule has 98 valence electrons. The number of rotatable bonds is 2. The molecular formula is C12H18N4O2. The molecule has 2 fully saturated rings. The van der Waals surface area contributed by atoms with Gasteiger partial charge in [0.25, 0.3) is 11.7 Å². The van der Waals surface area contributed by atoms with E-state index < -0.39 is 0 Å². The van der Waals surface area contributed by atoms with Gasteiger partial charge in [0.05, 0.1) is 6.04 Å². The Balaban J connectivity index is 1.70.